The minimum absolute atomic E-state index is 0.503. The van der Waals surface area contributed by atoms with E-state index in [4.69, 9.17) is 14.2 Å². The van der Waals surface area contributed by atoms with Crippen LogP contribution in [0.5, 0.6) is 11.5 Å². The summed E-state index contributed by atoms with van der Waals surface area (Å²) in [5.41, 5.74) is 7.20. The molecule has 0 N–H and O–H groups in total. The molecule has 1 saturated heterocycles. The predicted molar refractivity (Wildman–Crippen MR) is 181 cm³/mol. The summed E-state index contributed by atoms with van der Waals surface area (Å²) in [6.07, 6.45) is 0. The predicted octanol–water partition coefficient (Wildman–Crippen LogP) is 6.32. The van der Waals surface area contributed by atoms with E-state index in [0.29, 0.717) is 19.8 Å². The maximum Gasteiger partial charge on any atom is 0.121 e. The first-order valence-corrected chi connectivity index (χ1v) is 15.4. The van der Waals surface area contributed by atoms with Gasteiger partial charge in [0.1, 0.15) is 18.1 Å². The molecule has 1 heterocycles. The molecule has 0 bridgehead atoms. The second-order valence-electron chi connectivity index (χ2n) is 11.6. The summed E-state index contributed by atoms with van der Waals surface area (Å²) in [5.74, 6) is 1.73. The number of benzene rings is 4. The van der Waals surface area contributed by atoms with Gasteiger partial charge < -0.3 is 33.8 Å². The zero-order valence-electron chi connectivity index (χ0n) is 26.6. The molecule has 1 fully saturated rings. The molecule has 5 rings (SSSR count). The van der Waals surface area contributed by atoms with E-state index < -0.39 is 0 Å². The quantitative estimate of drug-likeness (QED) is 0.158. The largest absolute Gasteiger partial charge is 0.497 e. The van der Waals surface area contributed by atoms with Crippen molar-refractivity contribution in [2.24, 2.45) is 0 Å². The fraction of sp³-hybridized carbons (Fsp3) is 0.351. The summed E-state index contributed by atoms with van der Waals surface area (Å²) in [5, 5.41) is 0. The highest BCUT2D eigenvalue weighted by Crippen LogP contribution is 2.25. The fourth-order valence-electron chi connectivity index (χ4n) is 5.43. The lowest BCUT2D eigenvalue weighted by molar-refractivity contribution is 0.0889. The molecule has 0 spiro atoms. The number of likely N-dealkylation sites (N-methyl/N-ethyl adjacent to an activating group) is 1. The van der Waals surface area contributed by atoms with E-state index in [-0.39, 0.29) is 0 Å². The van der Waals surface area contributed by atoms with Crippen molar-refractivity contribution in [1.29, 1.82) is 0 Å². The van der Waals surface area contributed by atoms with Crippen LogP contribution in [0.3, 0.4) is 0 Å². The van der Waals surface area contributed by atoms with Gasteiger partial charge in [0.25, 0.3) is 0 Å². The summed E-state index contributed by atoms with van der Waals surface area (Å²) in [6, 6.07) is 34.2. The van der Waals surface area contributed by atoms with Crippen LogP contribution in [0.25, 0.3) is 0 Å². The van der Waals surface area contributed by atoms with Gasteiger partial charge in [0, 0.05) is 76.5 Å². The number of methoxy groups -OCH3 is 1. The van der Waals surface area contributed by atoms with Gasteiger partial charge in [-0.1, -0.05) is 42.5 Å². The number of hydrogen-bond acceptors (Lipinski definition) is 7. The Bertz CT molecular complexity index is 1450. The van der Waals surface area contributed by atoms with Crippen LogP contribution in [0.15, 0.2) is 97.1 Å². The van der Waals surface area contributed by atoms with Gasteiger partial charge in [-0.05, 0) is 72.3 Å². The Labute approximate surface area is 263 Å². The molecule has 1 aliphatic heterocycles. The van der Waals surface area contributed by atoms with Crippen molar-refractivity contribution in [3.63, 3.8) is 0 Å². The van der Waals surface area contributed by atoms with Crippen molar-refractivity contribution in [1.82, 2.24) is 4.90 Å². The van der Waals surface area contributed by atoms with Crippen LogP contribution in [-0.4, -0.2) is 72.5 Å². The third kappa shape index (κ3) is 8.91. The highest BCUT2D eigenvalue weighted by Gasteiger charge is 2.15. The molecule has 4 aromatic rings. The Balaban J connectivity index is 1.23. The number of anilines is 3. The maximum absolute atomic E-state index is 6.02. The SMILES string of the molecule is COc1cccc(CN(Cc2ccc(N3CCN(C)CC3)cc2)c2cccc(COCCOc3cccc(N(C)C)c3)c2)c1. The first-order valence-electron chi connectivity index (χ1n) is 15.4. The number of piperazine rings is 1. The van der Waals surface area contributed by atoms with Gasteiger partial charge in [0.2, 0.25) is 0 Å². The van der Waals surface area contributed by atoms with E-state index >= 15 is 0 Å². The fourth-order valence-corrected chi connectivity index (χ4v) is 5.43. The average molecular weight is 595 g/mol. The molecule has 44 heavy (non-hydrogen) atoms. The summed E-state index contributed by atoms with van der Waals surface area (Å²) < 4.78 is 17.5. The number of hydrogen-bond donors (Lipinski definition) is 0. The molecule has 232 valence electrons. The van der Waals surface area contributed by atoms with Gasteiger partial charge in [-0.25, -0.2) is 0 Å². The number of ether oxygens (including phenoxy) is 3. The average Bonchev–Trinajstić information content (AvgIpc) is 3.05. The molecule has 0 saturated carbocycles. The standard InChI is InChI=1S/C37H46N4O3/c1-38(2)34-10-7-13-37(26-34)44-23-22-43-29-32-9-5-11-35(24-32)41(28-31-8-6-12-36(25-31)42-4)27-30-14-16-33(17-15-30)40-20-18-39(3)19-21-40/h5-17,24-26H,18-23,27-29H2,1-4H3. The molecule has 4 aromatic carbocycles. The van der Waals surface area contributed by atoms with E-state index in [9.17, 15) is 0 Å². The van der Waals surface area contributed by atoms with Gasteiger partial charge in [-0.3, -0.25) is 0 Å². The first-order chi connectivity index (χ1) is 21.5. The third-order valence-electron chi connectivity index (χ3n) is 8.06. The lowest BCUT2D eigenvalue weighted by Gasteiger charge is -2.34. The zero-order valence-corrected chi connectivity index (χ0v) is 26.6. The van der Waals surface area contributed by atoms with E-state index in [1.54, 1.807) is 7.11 Å². The van der Waals surface area contributed by atoms with Gasteiger partial charge >= 0.3 is 0 Å². The van der Waals surface area contributed by atoms with E-state index in [1.165, 1.54) is 16.8 Å². The van der Waals surface area contributed by atoms with Crippen LogP contribution in [0.4, 0.5) is 17.1 Å². The summed E-state index contributed by atoms with van der Waals surface area (Å²) in [7, 11) is 7.96. The summed E-state index contributed by atoms with van der Waals surface area (Å²) >= 11 is 0. The number of nitrogens with zero attached hydrogens (tertiary/aromatic N) is 4. The van der Waals surface area contributed by atoms with Crippen LogP contribution in [-0.2, 0) is 24.4 Å². The summed E-state index contributed by atoms with van der Waals surface area (Å²) in [6.45, 7) is 7.46. The molecule has 0 radical (unpaired) electrons. The smallest absolute Gasteiger partial charge is 0.121 e. The lowest BCUT2D eigenvalue weighted by Crippen LogP contribution is -2.44. The Kier molecular flexibility index (Phi) is 11.0. The normalized spacial score (nSPS) is 13.5. The molecule has 0 aliphatic carbocycles. The van der Waals surface area contributed by atoms with Crippen LogP contribution < -0.4 is 24.2 Å². The van der Waals surface area contributed by atoms with Crippen molar-refractivity contribution in [3.8, 4) is 11.5 Å². The van der Waals surface area contributed by atoms with Crippen molar-refractivity contribution in [2.45, 2.75) is 19.7 Å². The highest BCUT2D eigenvalue weighted by molar-refractivity contribution is 5.52. The molecule has 0 atom stereocenters. The molecule has 7 nitrogen and oxygen atoms in total. The monoisotopic (exact) mass is 594 g/mol. The van der Waals surface area contributed by atoms with Crippen LogP contribution in [0, 0.1) is 0 Å². The molecule has 7 heteroatoms. The van der Waals surface area contributed by atoms with Gasteiger partial charge in [0.05, 0.1) is 20.3 Å². The van der Waals surface area contributed by atoms with Crippen molar-refractivity contribution < 1.29 is 14.2 Å². The van der Waals surface area contributed by atoms with Crippen LogP contribution in [0.2, 0.25) is 0 Å². The van der Waals surface area contributed by atoms with Crippen LogP contribution in [0.1, 0.15) is 16.7 Å². The molecule has 0 amide bonds. The zero-order chi connectivity index (χ0) is 30.7. The minimum Gasteiger partial charge on any atom is -0.497 e. The van der Waals surface area contributed by atoms with Gasteiger partial charge in [-0.2, -0.15) is 0 Å². The molecule has 0 unspecified atom stereocenters. The Morgan fingerprint density at radius 2 is 1.34 bits per heavy atom. The highest BCUT2D eigenvalue weighted by atomic mass is 16.5. The van der Waals surface area contributed by atoms with Gasteiger partial charge in [-0.15, -0.1) is 0 Å². The summed E-state index contributed by atoms with van der Waals surface area (Å²) in [4.78, 5) is 9.36. The van der Waals surface area contributed by atoms with Crippen molar-refractivity contribution >= 4 is 17.1 Å². The maximum atomic E-state index is 6.02. The minimum atomic E-state index is 0.503. The third-order valence-corrected chi connectivity index (χ3v) is 8.06. The topological polar surface area (TPSA) is 40.7 Å². The van der Waals surface area contributed by atoms with Crippen molar-refractivity contribution in [3.05, 3.63) is 114 Å². The van der Waals surface area contributed by atoms with Crippen LogP contribution >= 0.6 is 0 Å². The molecular formula is C37H46N4O3. The van der Waals surface area contributed by atoms with Crippen molar-refractivity contribution in [2.75, 3.05) is 82.3 Å². The van der Waals surface area contributed by atoms with E-state index in [2.05, 4.69) is 99.4 Å². The van der Waals surface area contributed by atoms with E-state index in [0.717, 1.165) is 67.7 Å². The second kappa shape index (κ2) is 15.5. The Hall–Kier alpha value is -4.20. The molecule has 1 aliphatic rings. The lowest BCUT2D eigenvalue weighted by atomic mass is 10.1. The molecular weight excluding hydrogens is 548 g/mol. The van der Waals surface area contributed by atoms with E-state index in [1.807, 2.05) is 38.4 Å². The molecule has 0 aromatic heterocycles. The first kappa shape index (κ1) is 31.2. The second-order valence-corrected chi connectivity index (χ2v) is 11.6. The number of rotatable bonds is 14. The Morgan fingerprint density at radius 3 is 2.11 bits per heavy atom. The Morgan fingerprint density at radius 1 is 0.659 bits per heavy atom. The van der Waals surface area contributed by atoms with Gasteiger partial charge in [0.15, 0.2) is 0 Å².